The fourth-order valence-electron chi connectivity index (χ4n) is 8.95. The van der Waals surface area contributed by atoms with Gasteiger partial charge in [-0.1, -0.05) is 84.9 Å². The van der Waals surface area contributed by atoms with Crippen LogP contribution in [0.4, 0.5) is 34.1 Å². The summed E-state index contributed by atoms with van der Waals surface area (Å²) in [6.07, 6.45) is 4.46. The number of fused-ring (bicyclic) bond motifs is 7. The zero-order chi connectivity index (χ0) is 33.9. The fraction of sp³-hybridized carbons (Fsp3) is 0.125. The summed E-state index contributed by atoms with van der Waals surface area (Å²) >= 11 is 0. The topological polar surface area (TPSA) is 19.6 Å². The van der Waals surface area contributed by atoms with Crippen molar-refractivity contribution in [2.75, 3.05) is 9.80 Å². The Kier molecular flexibility index (Phi) is 6.89. The maximum absolute atomic E-state index is 6.42. The number of benzene rings is 7. The maximum atomic E-state index is 6.42. The van der Waals surface area contributed by atoms with Crippen LogP contribution in [-0.4, -0.2) is 0 Å². The van der Waals surface area contributed by atoms with Gasteiger partial charge >= 0.3 is 0 Å². The molecule has 7 aromatic carbocycles. The minimum absolute atomic E-state index is 0.0180. The SMILES string of the molecule is Cc1cc2c(cc1N(c1ccccc1)c1ccc3c(c1)[C@]1(CCc4ccc(N(c5ccccc5)c5ccccc5)cc41)CC3)oc1ccccc12. The smallest absolute Gasteiger partial charge is 0.137 e. The molecule has 0 radical (unpaired) electrons. The molecule has 2 aliphatic rings. The second kappa shape index (κ2) is 11.8. The summed E-state index contributed by atoms with van der Waals surface area (Å²) in [7, 11) is 0. The van der Waals surface area contributed by atoms with Gasteiger partial charge < -0.3 is 14.2 Å². The third-order valence-corrected chi connectivity index (χ3v) is 11.4. The number of rotatable bonds is 6. The first-order chi connectivity index (χ1) is 25.2. The summed E-state index contributed by atoms with van der Waals surface area (Å²) in [5.41, 5.74) is 15.9. The summed E-state index contributed by atoms with van der Waals surface area (Å²) in [6, 6.07) is 59.6. The highest BCUT2D eigenvalue weighted by Crippen LogP contribution is 2.55. The van der Waals surface area contributed by atoms with E-state index < -0.39 is 0 Å². The Labute approximate surface area is 299 Å². The molecule has 0 saturated carbocycles. The molecule has 10 rings (SSSR count). The lowest BCUT2D eigenvalue weighted by molar-refractivity contribution is 0.507. The van der Waals surface area contributed by atoms with Crippen molar-refractivity contribution in [2.45, 2.75) is 38.0 Å². The van der Waals surface area contributed by atoms with Crippen LogP contribution in [0, 0.1) is 6.92 Å². The van der Waals surface area contributed by atoms with Crippen molar-refractivity contribution in [1.29, 1.82) is 0 Å². The second-order valence-corrected chi connectivity index (χ2v) is 14.2. The Balaban J connectivity index is 1.12. The van der Waals surface area contributed by atoms with Gasteiger partial charge in [0, 0.05) is 50.7 Å². The molecule has 1 aromatic heterocycles. The van der Waals surface area contributed by atoms with Gasteiger partial charge in [0.25, 0.3) is 0 Å². The molecular weight excluding hydrogens is 621 g/mol. The number of para-hydroxylation sites is 4. The van der Waals surface area contributed by atoms with Crippen LogP contribution in [0.15, 0.2) is 168 Å². The van der Waals surface area contributed by atoms with Crippen LogP contribution in [-0.2, 0) is 18.3 Å². The van der Waals surface area contributed by atoms with Crippen molar-refractivity contribution in [3.8, 4) is 0 Å². The molecular formula is C48H38N2O. The van der Waals surface area contributed by atoms with Gasteiger partial charge in [-0.15, -0.1) is 0 Å². The summed E-state index contributed by atoms with van der Waals surface area (Å²) in [5, 5.41) is 2.32. The lowest BCUT2D eigenvalue weighted by Gasteiger charge is -2.32. The van der Waals surface area contributed by atoms with E-state index in [1.807, 2.05) is 6.07 Å². The molecule has 1 atom stereocenters. The van der Waals surface area contributed by atoms with Crippen molar-refractivity contribution >= 4 is 56.1 Å². The van der Waals surface area contributed by atoms with Gasteiger partial charge in [0.15, 0.2) is 0 Å². The highest BCUT2D eigenvalue weighted by atomic mass is 16.3. The summed E-state index contributed by atoms with van der Waals surface area (Å²) in [5.74, 6) is 0. The standard InChI is InChI=1S/C48H38N2O/c1-33-29-42-41-19-11-12-20-46(41)51-47(42)32-45(33)50(38-17-9-4-10-18-38)40-24-22-35-26-28-48(44(35)31-40)27-25-34-21-23-39(30-43(34)48)49(36-13-5-2-6-14-36)37-15-7-3-8-16-37/h2-24,29-32H,25-28H2,1H3/t48-/m1/s1. The van der Waals surface area contributed by atoms with Crippen molar-refractivity contribution in [2.24, 2.45) is 0 Å². The van der Waals surface area contributed by atoms with Crippen LogP contribution >= 0.6 is 0 Å². The quantitative estimate of drug-likeness (QED) is 0.177. The maximum Gasteiger partial charge on any atom is 0.137 e. The Morgan fingerprint density at radius 1 is 0.451 bits per heavy atom. The normalized spacial score (nSPS) is 16.1. The molecule has 1 heterocycles. The molecule has 0 N–H and O–H groups in total. The number of anilines is 6. The molecule has 0 saturated heterocycles. The Morgan fingerprint density at radius 3 is 1.55 bits per heavy atom. The molecule has 0 unspecified atom stereocenters. The molecule has 1 spiro atoms. The number of furan rings is 1. The lowest BCUT2D eigenvalue weighted by atomic mass is 9.76. The summed E-state index contributed by atoms with van der Waals surface area (Å²) in [4.78, 5) is 4.82. The summed E-state index contributed by atoms with van der Waals surface area (Å²) in [6.45, 7) is 2.22. The van der Waals surface area contributed by atoms with Gasteiger partial charge in [-0.2, -0.15) is 0 Å². The van der Waals surface area contributed by atoms with Crippen LogP contribution in [0.25, 0.3) is 21.9 Å². The monoisotopic (exact) mass is 658 g/mol. The highest BCUT2D eigenvalue weighted by Gasteiger charge is 2.45. The third-order valence-electron chi connectivity index (χ3n) is 11.4. The highest BCUT2D eigenvalue weighted by molar-refractivity contribution is 6.06. The van der Waals surface area contributed by atoms with Crippen LogP contribution in [0.5, 0.6) is 0 Å². The Bertz CT molecular complexity index is 2510. The van der Waals surface area contributed by atoms with Crippen LogP contribution in [0.1, 0.15) is 40.7 Å². The van der Waals surface area contributed by atoms with Gasteiger partial charge in [0.2, 0.25) is 0 Å². The van der Waals surface area contributed by atoms with Crippen molar-refractivity contribution in [1.82, 2.24) is 0 Å². The average molecular weight is 659 g/mol. The molecule has 0 aliphatic heterocycles. The van der Waals surface area contributed by atoms with Gasteiger partial charge in [-0.3, -0.25) is 0 Å². The predicted molar refractivity (Wildman–Crippen MR) is 212 cm³/mol. The third kappa shape index (κ3) is 4.80. The van der Waals surface area contributed by atoms with Crippen LogP contribution in [0.3, 0.4) is 0 Å². The molecule has 3 heteroatoms. The van der Waals surface area contributed by atoms with Gasteiger partial charge in [-0.25, -0.2) is 0 Å². The number of nitrogens with zero attached hydrogens (tertiary/aromatic N) is 2. The minimum Gasteiger partial charge on any atom is -0.456 e. The zero-order valence-electron chi connectivity index (χ0n) is 28.7. The van der Waals surface area contributed by atoms with Crippen molar-refractivity contribution < 1.29 is 4.42 Å². The van der Waals surface area contributed by atoms with E-state index in [1.54, 1.807) is 0 Å². The minimum atomic E-state index is -0.0180. The van der Waals surface area contributed by atoms with E-state index in [-0.39, 0.29) is 5.41 Å². The molecule has 0 amide bonds. The lowest BCUT2D eigenvalue weighted by Crippen LogP contribution is -2.22. The van der Waals surface area contributed by atoms with Crippen LogP contribution < -0.4 is 9.80 Å². The van der Waals surface area contributed by atoms with E-state index in [0.29, 0.717) is 0 Å². The van der Waals surface area contributed by atoms with E-state index in [1.165, 1.54) is 50.6 Å². The first-order valence-corrected chi connectivity index (χ1v) is 18.1. The van der Waals surface area contributed by atoms with E-state index in [4.69, 9.17) is 4.42 Å². The number of hydrogen-bond donors (Lipinski definition) is 0. The van der Waals surface area contributed by atoms with E-state index in [9.17, 15) is 0 Å². The fourth-order valence-corrected chi connectivity index (χ4v) is 8.95. The first kappa shape index (κ1) is 29.8. The van der Waals surface area contributed by atoms with Gasteiger partial charge in [0.05, 0.1) is 5.69 Å². The molecule has 8 aromatic rings. The van der Waals surface area contributed by atoms with E-state index in [2.05, 4.69) is 174 Å². The number of hydrogen-bond acceptors (Lipinski definition) is 3. The average Bonchev–Trinajstić information content (AvgIpc) is 3.86. The molecule has 0 fully saturated rings. The van der Waals surface area contributed by atoms with Crippen LogP contribution in [0.2, 0.25) is 0 Å². The van der Waals surface area contributed by atoms with Gasteiger partial charge in [-0.05, 0) is 133 Å². The Morgan fingerprint density at radius 2 is 0.961 bits per heavy atom. The molecule has 3 nitrogen and oxygen atoms in total. The molecule has 246 valence electrons. The largest absolute Gasteiger partial charge is 0.456 e. The van der Waals surface area contributed by atoms with E-state index >= 15 is 0 Å². The Hall–Kier alpha value is -6.06. The summed E-state index contributed by atoms with van der Waals surface area (Å²) < 4.78 is 6.42. The first-order valence-electron chi connectivity index (χ1n) is 18.1. The van der Waals surface area contributed by atoms with Gasteiger partial charge in [0.1, 0.15) is 11.2 Å². The second-order valence-electron chi connectivity index (χ2n) is 14.2. The zero-order valence-corrected chi connectivity index (χ0v) is 28.7. The number of aryl methyl sites for hydroxylation is 3. The molecule has 2 aliphatic carbocycles. The predicted octanol–water partition coefficient (Wildman–Crippen LogP) is 13.0. The van der Waals surface area contributed by atoms with Crippen molar-refractivity contribution in [3.63, 3.8) is 0 Å². The van der Waals surface area contributed by atoms with E-state index in [0.717, 1.165) is 59.0 Å². The molecule has 0 bridgehead atoms. The molecule has 51 heavy (non-hydrogen) atoms. The van der Waals surface area contributed by atoms with Crippen molar-refractivity contribution in [3.05, 3.63) is 192 Å².